The van der Waals surface area contributed by atoms with Crippen molar-refractivity contribution < 1.29 is 9.59 Å². The number of nitrogens with zero attached hydrogens (tertiary/aromatic N) is 5. The average Bonchev–Trinajstić information content (AvgIpc) is 3.10. The number of nitrogens with one attached hydrogen (secondary N) is 1. The minimum Gasteiger partial charge on any atom is -0.352 e. The van der Waals surface area contributed by atoms with E-state index in [4.69, 9.17) is 0 Å². The molecular formula is C17H20N6O2. The molecule has 25 heavy (non-hydrogen) atoms. The minimum atomic E-state index is -0.155. The van der Waals surface area contributed by atoms with Gasteiger partial charge in [-0.3, -0.25) is 9.59 Å². The molecule has 1 unspecified atom stereocenters. The molecule has 2 aromatic rings. The molecule has 1 atom stereocenters. The van der Waals surface area contributed by atoms with Gasteiger partial charge >= 0.3 is 0 Å². The molecule has 0 saturated carbocycles. The van der Waals surface area contributed by atoms with Crippen LogP contribution in [0.3, 0.4) is 0 Å². The van der Waals surface area contributed by atoms with Crippen LogP contribution in [-0.2, 0) is 11.3 Å². The van der Waals surface area contributed by atoms with Gasteiger partial charge in [0.25, 0.3) is 5.91 Å². The summed E-state index contributed by atoms with van der Waals surface area (Å²) < 4.78 is 0. The van der Waals surface area contributed by atoms with Crippen molar-refractivity contribution in [1.82, 2.24) is 30.4 Å². The number of rotatable bonds is 4. The molecule has 1 N–H and O–H groups in total. The molecule has 2 aromatic heterocycles. The molecule has 1 fully saturated rings. The van der Waals surface area contributed by atoms with E-state index in [1.807, 2.05) is 6.92 Å². The van der Waals surface area contributed by atoms with Gasteiger partial charge in [-0.1, -0.05) is 0 Å². The summed E-state index contributed by atoms with van der Waals surface area (Å²) in [6.45, 7) is 4.26. The third kappa shape index (κ3) is 3.78. The number of carbonyl (C=O) groups excluding carboxylic acids is 2. The first-order chi connectivity index (χ1) is 12.1. The topological polar surface area (TPSA) is 101 Å². The molecule has 130 valence electrons. The highest BCUT2D eigenvalue weighted by Crippen LogP contribution is 2.33. The number of aromatic nitrogens is 4. The predicted octanol–water partition coefficient (Wildman–Crippen LogP) is 1.19. The Morgan fingerprint density at radius 1 is 1.40 bits per heavy atom. The van der Waals surface area contributed by atoms with Crippen molar-refractivity contribution in [2.45, 2.75) is 39.3 Å². The van der Waals surface area contributed by atoms with Crippen molar-refractivity contribution in [3.8, 4) is 0 Å². The summed E-state index contributed by atoms with van der Waals surface area (Å²) in [5.41, 5.74) is 1.93. The second kappa shape index (κ2) is 7.33. The van der Waals surface area contributed by atoms with Gasteiger partial charge in [0, 0.05) is 38.0 Å². The van der Waals surface area contributed by atoms with Gasteiger partial charge in [0.15, 0.2) is 5.69 Å². The molecule has 1 saturated heterocycles. The normalized spacial score (nSPS) is 16.7. The number of aryl methyl sites for hydroxylation is 1. The smallest absolute Gasteiger partial charge is 0.274 e. The first-order valence-electron chi connectivity index (χ1n) is 8.22. The summed E-state index contributed by atoms with van der Waals surface area (Å²) in [6.07, 6.45) is 4.96. The van der Waals surface area contributed by atoms with E-state index in [1.54, 1.807) is 23.2 Å². The highest BCUT2D eigenvalue weighted by atomic mass is 16.2. The lowest BCUT2D eigenvalue weighted by atomic mass is 10.1. The lowest BCUT2D eigenvalue weighted by Gasteiger charge is -2.25. The predicted molar refractivity (Wildman–Crippen MR) is 89.3 cm³/mol. The fourth-order valence-corrected chi connectivity index (χ4v) is 3.01. The van der Waals surface area contributed by atoms with Gasteiger partial charge in [-0.25, -0.2) is 9.97 Å². The number of carbonyl (C=O) groups is 2. The number of amides is 2. The molecule has 0 aliphatic carbocycles. The molecular weight excluding hydrogens is 320 g/mol. The zero-order valence-electron chi connectivity index (χ0n) is 14.3. The third-order valence-corrected chi connectivity index (χ3v) is 4.17. The first-order valence-corrected chi connectivity index (χ1v) is 8.22. The van der Waals surface area contributed by atoms with Crippen LogP contribution >= 0.6 is 0 Å². The van der Waals surface area contributed by atoms with E-state index in [-0.39, 0.29) is 17.9 Å². The monoisotopic (exact) mass is 340 g/mol. The molecule has 1 aliphatic heterocycles. The zero-order valence-corrected chi connectivity index (χ0v) is 14.3. The van der Waals surface area contributed by atoms with Crippen LogP contribution in [-0.4, -0.2) is 43.4 Å². The highest BCUT2D eigenvalue weighted by molar-refractivity contribution is 5.92. The van der Waals surface area contributed by atoms with Crippen LogP contribution in [0, 0.1) is 6.92 Å². The lowest BCUT2D eigenvalue weighted by molar-refractivity contribution is -0.119. The van der Waals surface area contributed by atoms with Crippen molar-refractivity contribution in [3.05, 3.63) is 47.3 Å². The summed E-state index contributed by atoms with van der Waals surface area (Å²) >= 11 is 0. The Balaban J connectivity index is 1.90. The third-order valence-electron chi connectivity index (χ3n) is 4.17. The van der Waals surface area contributed by atoms with Crippen LogP contribution < -0.4 is 5.32 Å². The molecule has 0 aromatic carbocycles. The maximum atomic E-state index is 12.8. The van der Waals surface area contributed by atoms with Crippen LogP contribution in [0.4, 0.5) is 0 Å². The fraction of sp³-hybridized carbons (Fsp3) is 0.412. The Bertz CT molecular complexity index is 780. The SMILES string of the molecule is CC(=O)NCc1cnc(C)nc1C1CCCN1C(=O)c1cccnn1. The van der Waals surface area contributed by atoms with Crippen LogP contribution in [0.5, 0.6) is 0 Å². The summed E-state index contributed by atoms with van der Waals surface area (Å²) in [4.78, 5) is 34.6. The van der Waals surface area contributed by atoms with E-state index in [9.17, 15) is 9.59 Å². The summed E-state index contributed by atoms with van der Waals surface area (Å²) in [5.74, 6) is 0.364. The van der Waals surface area contributed by atoms with E-state index in [2.05, 4.69) is 25.5 Å². The largest absolute Gasteiger partial charge is 0.352 e. The molecule has 1 aliphatic rings. The van der Waals surface area contributed by atoms with Crippen LogP contribution in [0.1, 0.15) is 53.4 Å². The van der Waals surface area contributed by atoms with E-state index in [0.29, 0.717) is 24.6 Å². The number of hydrogen-bond acceptors (Lipinski definition) is 6. The van der Waals surface area contributed by atoms with Gasteiger partial charge in [-0.2, -0.15) is 5.10 Å². The molecule has 0 bridgehead atoms. The summed E-state index contributed by atoms with van der Waals surface area (Å²) in [5, 5.41) is 10.5. The highest BCUT2D eigenvalue weighted by Gasteiger charge is 2.33. The lowest BCUT2D eigenvalue weighted by Crippen LogP contribution is -2.33. The Morgan fingerprint density at radius 2 is 2.24 bits per heavy atom. The molecule has 3 rings (SSSR count). The summed E-state index contributed by atoms with van der Waals surface area (Å²) in [7, 11) is 0. The minimum absolute atomic E-state index is 0.120. The van der Waals surface area contributed by atoms with Crippen LogP contribution in [0.2, 0.25) is 0 Å². The molecule has 3 heterocycles. The molecule has 8 heteroatoms. The van der Waals surface area contributed by atoms with Crippen molar-refractivity contribution >= 4 is 11.8 Å². The van der Waals surface area contributed by atoms with E-state index in [0.717, 1.165) is 24.1 Å². The Hall–Kier alpha value is -2.90. The van der Waals surface area contributed by atoms with Crippen LogP contribution in [0.25, 0.3) is 0 Å². The van der Waals surface area contributed by atoms with Crippen molar-refractivity contribution in [3.63, 3.8) is 0 Å². The maximum absolute atomic E-state index is 12.8. The molecule has 2 amide bonds. The Morgan fingerprint density at radius 3 is 2.96 bits per heavy atom. The second-order valence-electron chi connectivity index (χ2n) is 6.00. The Labute approximate surface area is 145 Å². The number of hydrogen-bond donors (Lipinski definition) is 1. The van der Waals surface area contributed by atoms with Gasteiger partial charge in [0.2, 0.25) is 5.91 Å². The molecule has 0 radical (unpaired) electrons. The first kappa shape index (κ1) is 16.9. The van der Waals surface area contributed by atoms with Gasteiger partial charge < -0.3 is 10.2 Å². The standard InChI is InChI=1S/C17H20N6O2/c1-11-18-9-13(10-19-12(2)24)16(21-11)15-6-4-8-23(15)17(25)14-5-3-7-20-22-14/h3,5,7,9,15H,4,6,8,10H2,1-2H3,(H,19,24). The zero-order chi connectivity index (χ0) is 17.8. The van der Waals surface area contributed by atoms with Gasteiger partial charge in [0.1, 0.15) is 5.82 Å². The van der Waals surface area contributed by atoms with E-state index < -0.39 is 0 Å². The van der Waals surface area contributed by atoms with Gasteiger partial charge in [0.05, 0.1) is 11.7 Å². The number of likely N-dealkylation sites (tertiary alicyclic amines) is 1. The van der Waals surface area contributed by atoms with Crippen LogP contribution in [0.15, 0.2) is 24.5 Å². The van der Waals surface area contributed by atoms with Crippen molar-refractivity contribution in [2.24, 2.45) is 0 Å². The maximum Gasteiger partial charge on any atom is 0.274 e. The Kier molecular flexibility index (Phi) is 4.97. The summed E-state index contributed by atoms with van der Waals surface area (Å²) in [6, 6.07) is 3.20. The quantitative estimate of drug-likeness (QED) is 0.897. The van der Waals surface area contributed by atoms with Gasteiger partial charge in [-0.05, 0) is 31.9 Å². The van der Waals surface area contributed by atoms with E-state index in [1.165, 1.54) is 13.1 Å². The average molecular weight is 340 g/mol. The van der Waals surface area contributed by atoms with Crippen molar-refractivity contribution in [1.29, 1.82) is 0 Å². The van der Waals surface area contributed by atoms with Crippen molar-refractivity contribution in [2.75, 3.05) is 6.54 Å². The van der Waals surface area contributed by atoms with E-state index >= 15 is 0 Å². The second-order valence-corrected chi connectivity index (χ2v) is 6.00. The molecule has 0 spiro atoms. The fourth-order valence-electron chi connectivity index (χ4n) is 3.01. The van der Waals surface area contributed by atoms with Gasteiger partial charge in [-0.15, -0.1) is 5.10 Å². The molecule has 8 nitrogen and oxygen atoms in total.